The molecule has 0 aliphatic rings. The van der Waals surface area contributed by atoms with Crippen LogP contribution in [0.2, 0.25) is 0 Å². The highest BCUT2D eigenvalue weighted by Gasteiger charge is 2.06. The quantitative estimate of drug-likeness (QED) is 0.686. The van der Waals surface area contributed by atoms with Crippen LogP contribution < -0.4 is 0 Å². The van der Waals surface area contributed by atoms with Crippen molar-refractivity contribution in [2.75, 3.05) is 0 Å². The second-order valence-corrected chi connectivity index (χ2v) is 3.01. The molecule has 0 saturated carbocycles. The Balaban J connectivity index is 2.49. The summed E-state index contributed by atoms with van der Waals surface area (Å²) in [6.07, 6.45) is 1.16. The molecule has 2 heterocycles. The van der Waals surface area contributed by atoms with Crippen LogP contribution in [0.15, 0.2) is 18.3 Å². The average Bonchev–Trinajstić information content (AvgIpc) is 2.50. The number of aryl methyl sites for hydroxylation is 1. The van der Waals surface area contributed by atoms with E-state index < -0.39 is 0 Å². The van der Waals surface area contributed by atoms with Gasteiger partial charge in [0.05, 0.1) is 17.6 Å². The van der Waals surface area contributed by atoms with E-state index in [0.29, 0.717) is 5.82 Å². The second-order valence-electron chi connectivity index (χ2n) is 3.01. The highest BCUT2D eigenvalue weighted by Crippen LogP contribution is 2.08. The van der Waals surface area contributed by atoms with Crippen molar-refractivity contribution in [1.82, 2.24) is 20.0 Å². The SMILES string of the molecule is Cc1nnn(-c2ccc(F)cn2)c1C. The summed E-state index contributed by atoms with van der Waals surface area (Å²) < 4.78 is 14.2. The highest BCUT2D eigenvalue weighted by atomic mass is 19.1. The van der Waals surface area contributed by atoms with E-state index in [1.165, 1.54) is 6.07 Å². The molecule has 14 heavy (non-hydrogen) atoms. The molecule has 2 aromatic rings. The lowest BCUT2D eigenvalue weighted by Gasteiger charge is -2.00. The van der Waals surface area contributed by atoms with Gasteiger partial charge in [-0.15, -0.1) is 5.10 Å². The fraction of sp³-hybridized carbons (Fsp3) is 0.222. The Labute approximate surface area is 80.4 Å². The molecule has 0 aliphatic heterocycles. The van der Waals surface area contributed by atoms with E-state index in [0.717, 1.165) is 17.6 Å². The van der Waals surface area contributed by atoms with Gasteiger partial charge in [0.15, 0.2) is 5.82 Å². The van der Waals surface area contributed by atoms with Crippen LogP contribution in [0, 0.1) is 19.7 Å². The molecule has 0 amide bonds. The van der Waals surface area contributed by atoms with Crippen molar-refractivity contribution in [2.45, 2.75) is 13.8 Å². The summed E-state index contributed by atoms with van der Waals surface area (Å²) in [5.74, 6) is 0.216. The lowest BCUT2D eigenvalue weighted by molar-refractivity contribution is 0.618. The van der Waals surface area contributed by atoms with E-state index in [2.05, 4.69) is 15.3 Å². The first-order valence-electron chi connectivity index (χ1n) is 4.19. The lowest BCUT2D eigenvalue weighted by Crippen LogP contribution is -2.01. The van der Waals surface area contributed by atoms with Gasteiger partial charge in [-0.3, -0.25) is 0 Å². The minimum Gasteiger partial charge on any atom is -0.234 e. The molecule has 5 heteroatoms. The van der Waals surface area contributed by atoms with Crippen molar-refractivity contribution in [3.63, 3.8) is 0 Å². The highest BCUT2D eigenvalue weighted by molar-refractivity contribution is 5.24. The topological polar surface area (TPSA) is 43.6 Å². The molecule has 0 atom stereocenters. The van der Waals surface area contributed by atoms with Gasteiger partial charge in [0, 0.05) is 0 Å². The van der Waals surface area contributed by atoms with E-state index in [1.807, 2.05) is 13.8 Å². The van der Waals surface area contributed by atoms with Crippen LogP contribution in [0.1, 0.15) is 11.4 Å². The summed E-state index contributed by atoms with van der Waals surface area (Å²) in [5.41, 5.74) is 1.75. The zero-order valence-corrected chi connectivity index (χ0v) is 7.90. The Hall–Kier alpha value is -1.78. The van der Waals surface area contributed by atoms with Crippen LogP contribution in [0.5, 0.6) is 0 Å². The molecule has 0 spiro atoms. The second kappa shape index (κ2) is 3.17. The van der Waals surface area contributed by atoms with E-state index >= 15 is 0 Å². The predicted octanol–water partition coefficient (Wildman–Crippen LogP) is 1.42. The summed E-state index contributed by atoms with van der Waals surface area (Å²) in [5, 5.41) is 7.79. The molecule has 0 unspecified atom stereocenters. The molecule has 72 valence electrons. The summed E-state index contributed by atoms with van der Waals surface area (Å²) in [7, 11) is 0. The van der Waals surface area contributed by atoms with Crippen LogP contribution in [0.3, 0.4) is 0 Å². The summed E-state index contributed by atoms with van der Waals surface area (Å²) in [6, 6.07) is 2.91. The zero-order valence-electron chi connectivity index (χ0n) is 7.90. The van der Waals surface area contributed by atoms with Crippen LogP contribution in [-0.2, 0) is 0 Å². The minimum absolute atomic E-state index is 0.358. The van der Waals surface area contributed by atoms with Gasteiger partial charge in [0.2, 0.25) is 0 Å². The number of rotatable bonds is 1. The fourth-order valence-electron chi connectivity index (χ4n) is 1.12. The van der Waals surface area contributed by atoms with Crippen LogP contribution in [0.4, 0.5) is 4.39 Å². The molecule has 2 rings (SSSR count). The fourth-order valence-corrected chi connectivity index (χ4v) is 1.12. The number of hydrogen-bond donors (Lipinski definition) is 0. The van der Waals surface area contributed by atoms with Gasteiger partial charge in [0.1, 0.15) is 5.82 Å². The van der Waals surface area contributed by atoms with Crippen LogP contribution in [-0.4, -0.2) is 20.0 Å². The van der Waals surface area contributed by atoms with E-state index in [4.69, 9.17) is 0 Å². The van der Waals surface area contributed by atoms with Gasteiger partial charge in [-0.05, 0) is 26.0 Å². The molecule has 0 bridgehead atoms. The van der Waals surface area contributed by atoms with E-state index in [9.17, 15) is 4.39 Å². The van der Waals surface area contributed by atoms with Crippen molar-refractivity contribution < 1.29 is 4.39 Å². The van der Waals surface area contributed by atoms with Gasteiger partial charge in [-0.1, -0.05) is 5.21 Å². The zero-order chi connectivity index (χ0) is 10.1. The third kappa shape index (κ3) is 1.37. The maximum absolute atomic E-state index is 12.6. The largest absolute Gasteiger partial charge is 0.234 e. The van der Waals surface area contributed by atoms with Gasteiger partial charge in [-0.25, -0.2) is 9.37 Å². The maximum atomic E-state index is 12.6. The van der Waals surface area contributed by atoms with Crippen molar-refractivity contribution in [1.29, 1.82) is 0 Å². The number of nitrogens with zero attached hydrogens (tertiary/aromatic N) is 4. The molecular formula is C9H9FN4. The van der Waals surface area contributed by atoms with Crippen molar-refractivity contribution in [3.05, 3.63) is 35.5 Å². The molecule has 0 saturated heterocycles. The minimum atomic E-state index is -0.358. The van der Waals surface area contributed by atoms with E-state index in [-0.39, 0.29) is 5.82 Å². The van der Waals surface area contributed by atoms with Crippen molar-refractivity contribution >= 4 is 0 Å². The average molecular weight is 192 g/mol. The molecule has 0 radical (unpaired) electrons. The first-order chi connectivity index (χ1) is 6.68. The van der Waals surface area contributed by atoms with Gasteiger partial charge in [0.25, 0.3) is 0 Å². The van der Waals surface area contributed by atoms with Crippen molar-refractivity contribution in [2.24, 2.45) is 0 Å². The Morgan fingerprint density at radius 3 is 2.57 bits per heavy atom. The van der Waals surface area contributed by atoms with Crippen molar-refractivity contribution in [3.8, 4) is 5.82 Å². The Kier molecular flexibility index (Phi) is 1.99. The predicted molar refractivity (Wildman–Crippen MR) is 48.6 cm³/mol. The first-order valence-corrected chi connectivity index (χ1v) is 4.19. The Morgan fingerprint density at radius 1 is 1.29 bits per heavy atom. The third-order valence-corrected chi connectivity index (χ3v) is 2.05. The van der Waals surface area contributed by atoms with Crippen LogP contribution in [0.25, 0.3) is 5.82 Å². The monoisotopic (exact) mass is 192 g/mol. The lowest BCUT2D eigenvalue weighted by atomic mass is 10.3. The molecule has 4 nitrogen and oxygen atoms in total. The molecule has 0 aliphatic carbocycles. The van der Waals surface area contributed by atoms with Gasteiger partial charge >= 0.3 is 0 Å². The summed E-state index contributed by atoms with van der Waals surface area (Å²) in [6.45, 7) is 3.75. The van der Waals surface area contributed by atoms with Gasteiger partial charge in [-0.2, -0.15) is 4.68 Å². The van der Waals surface area contributed by atoms with E-state index in [1.54, 1.807) is 10.7 Å². The molecular weight excluding hydrogens is 183 g/mol. The first kappa shape index (κ1) is 8.80. The molecule has 0 N–H and O–H groups in total. The van der Waals surface area contributed by atoms with Gasteiger partial charge < -0.3 is 0 Å². The summed E-state index contributed by atoms with van der Waals surface area (Å²) >= 11 is 0. The molecule has 0 aromatic carbocycles. The number of aromatic nitrogens is 4. The standard InChI is InChI=1S/C9H9FN4/c1-6-7(2)14(13-12-6)9-4-3-8(10)5-11-9/h3-5H,1-2H3. The summed E-state index contributed by atoms with van der Waals surface area (Å²) in [4.78, 5) is 3.91. The maximum Gasteiger partial charge on any atom is 0.155 e. The normalized spacial score (nSPS) is 10.5. The molecule has 0 fully saturated rings. The van der Waals surface area contributed by atoms with Crippen LogP contribution >= 0.6 is 0 Å². The number of hydrogen-bond acceptors (Lipinski definition) is 3. The Morgan fingerprint density at radius 2 is 2.07 bits per heavy atom. The molecule has 2 aromatic heterocycles. The third-order valence-electron chi connectivity index (χ3n) is 2.05. The smallest absolute Gasteiger partial charge is 0.155 e. The Bertz CT molecular complexity index is 446. The number of halogens is 1. The number of pyridine rings is 1.